The highest BCUT2D eigenvalue weighted by molar-refractivity contribution is 5.97. The minimum Gasteiger partial charge on any atom is -0.494 e. The molecule has 6 nitrogen and oxygen atoms in total. The van der Waals surface area contributed by atoms with E-state index in [1.807, 2.05) is 6.92 Å². The van der Waals surface area contributed by atoms with E-state index < -0.39 is 18.0 Å². The van der Waals surface area contributed by atoms with Crippen LogP contribution in [0.25, 0.3) is 0 Å². The number of rotatable bonds is 8. The van der Waals surface area contributed by atoms with Gasteiger partial charge in [0.25, 0.3) is 5.91 Å². The van der Waals surface area contributed by atoms with Crippen molar-refractivity contribution in [1.82, 2.24) is 0 Å². The second kappa shape index (κ2) is 8.04. The summed E-state index contributed by atoms with van der Waals surface area (Å²) in [5.74, 6) is -0.841. The first-order valence-corrected chi connectivity index (χ1v) is 6.69. The smallest absolute Gasteiger partial charge is 0.307 e. The number of carbonyl (C=O) groups excluding carboxylic acids is 3. The van der Waals surface area contributed by atoms with Gasteiger partial charge in [-0.3, -0.25) is 14.4 Å². The predicted molar refractivity (Wildman–Crippen MR) is 75.9 cm³/mol. The third kappa shape index (κ3) is 5.64. The molecule has 0 saturated carbocycles. The molecular weight excluding hydrogens is 274 g/mol. The number of benzene rings is 1. The van der Waals surface area contributed by atoms with Crippen molar-refractivity contribution in [3.8, 4) is 5.75 Å². The van der Waals surface area contributed by atoms with Crippen LogP contribution in [0.2, 0.25) is 0 Å². The Morgan fingerprint density at radius 1 is 1.14 bits per heavy atom. The van der Waals surface area contributed by atoms with Gasteiger partial charge in [-0.15, -0.1) is 0 Å². The van der Waals surface area contributed by atoms with Crippen LogP contribution in [0.3, 0.4) is 0 Å². The van der Waals surface area contributed by atoms with E-state index in [1.54, 1.807) is 24.3 Å². The summed E-state index contributed by atoms with van der Waals surface area (Å²) >= 11 is 0. The van der Waals surface area contributed by atoms with E-state index in [2.05, 4.69) is 0 Å². The van der Waals surface area contributed by atoms with Crippen LogP contribution >= 0.6 is 0 Å². The number of ether oxygens (including phenoxy) is 2. The van der Waals surface area contributed by atoms with Crippen molar-refractivity contribution in [3.63, 3.8) is 0 Å². The molecule has 0 radical (unpaired) electrons. The van der Waals surface area contributed by atoms with Crippen molar-refractivity contribution in [3.05, 3.63) is 29.8 Å². The molecule has 1 atom stereocenters. The topological polar surface area (TPSA) is 95.7 Å². The number of esters is 1. The summed E-state index contributed by atoms with van der Waals surface area (Å²) < 4.78 is 10.0. The Morgan fingerprint density at radius 2 is 1.76 bits per heavy atom. The van der Waals surface area contributed by atoms with Crippen LogP contribution in [0.15, 0.2) is 24.3 Å². The zero-order chi connectivity index (χ0) is 15.8. The highest BCUT2D eigenvalue weighted by Gasteiger charge is 2.16. The first kappa shape index (κ1) is 16.7. The van der Waals surface area contributed by atoms with E-state index in [9.17, 15) is 14.4 Å². The Bertz CT molecular complexity index is 509. The fourth-order valence-electron chi connectivity index (χ4n) is 1.58. The number of amides is 1. The number of primary amides is 1. The average Bonchev–Trinajstić information content (AvgIpc) is 2.45. The molecule has 1 rings (SSSR count). The Kier molecular flexibility index (Phi) is 6.39. The third-order valence-electron chi connectivity index (χ3n) is 2.75. The largest absolute Gasteiger partial charge is 0.494 e. The van der Waals surface area contributed by atoms with Crippen molar-refractivity contribution in [2.45, 2.75) is 32.8 Å². The summed E-state index contributed by atoms with van der Waals surface area (Å²) in [6.45, 7) is 3.81. The molecule has 1 unspecified atom stereocenters. The van der Waals surface area contributed by atoms with E-state index >= 15 is 0 Å². The molecule has 0 spiro atoms. The second-order valence-corrected chi connectivity index (χ2v) is 4.42. The predicted octanol–water partition coefficient (Wildman–Crippen LogP) is 1.47. The van der Waals surface area contributed by atoms with Crippen LogP contribution in [-0.2, 0) is 14.3 Å². The number of ketones is 1. The molecule has 0 saturated heterocycles. The van der Waals surface area contributed by atoms with E-state index in [0.717, 1.165) is 0 Å². The molecule has 1 aromatic carbocycles. The summed E-state index contributed by atoms with van der Waals surface area (Å²) in [6, 6.07) is 6.68. The standard InChI is InChI=1S/C15H19NO5/c1-3-20-12-6-4-11(5-7-12)13(17)8-9-14(18)21-10(2)15(16)19/h4-7,10H,3,8-9H2,1-2H3,(H2,16,19). The Balaban J connectivity index is 2.46. The van der Waals surface area contributed by atoms with Gasteiger partial charge in [0, 0.05) is 12.0 Å². The Hall–Kier alpha value is -2.37. The van der Waals surface area contributed by atoms with Crippen molar-refractivity contribution in [2.75, 3.05) is 6.61 Å². The third-order valence-corrected chi connectivity index (χ3v) is 2.75. The summed E-state index contributed by atoms with van der Waals surface area (Å²) in [5.41, 5.74) is 5.47. The number of hydrogen-bond acceptors (Lipinski definition) is 5. The molecule has 0 aliphatic heterocycles. The summed E-state index contributed by atoms with van der Waals surface area (Å²) in [7, 11) is 0. The van der Waals surface area contributed by atoms with Crippen molar-refractivity contribution >= 4 is 17.7 Å². The summed E-state index contributed by atoms with van der Waals surface area (Å²) in [5, 5.41) is 0. The molecule has 0 aromatic heterocycles. The van der Waals surface area contributed by atoms with Gasteiger partial charge in [-0.25, -0.2) is 0 Å². The second-order valence-electron chi connectivity index (χ2n) is 4.42. The molecule has 1 amide bonds. The van der Waals surface area contributed by atoms with E-state index in [1.165, 1.54) is 6.92 Å². The molecule has 0 aliphatic rings. The summed E-state index contributed by atoms with van der Waals surface area (Å²) in [4.78, 5) is 34.1. The Morgan fingerprint density at radius 3 is 2.29 bits per heavy atom. The molecule has 1 aromatic rings. The van der Waals surface area contributed by atoms with Crippen LogP contribution < -0.4 is 10.5 Å². The van der Waals surface area contributed by atoms with Crippen LogP contribution in [0.1, 0.15) is 37.0 Å². The quantitative estimate of drug-likeness (QED) is 0.578. The number of hydrogen-bond donors (Lipinski definition) is 1. The maximum absolute atomic E-state index is 11.9. The van der Waals surface area contributed by atoms with Gasteiger partial charge < -0.3 is 15.2 Å². The fourth-order valence-corrected chi connectivity index (χ4v) is 1.58. The van der Waals surface area contributed by atoms with E-state index in [-0.39, 0.29) is 18.6 Å². The highest BCUT2D eigenvalue weighted by Crippen LogP contribution is 2.14. The molecule has 6 heteroatoms. The molecule has 0 aliphatic carbocycles. The summed E-state index contributed by atoms with van der Waals surface area (Å²) in [6.07, 6.45) is -1.07. The van der Waals surface area contributed by atoms with Gasteiger partial charge in [-0.1, -0.05) is 0 Å². The maximum atomic E-state index is 11.9. The SMILES string of the molecule is CCOc1ccc(C(=O)CCC(=O)OC(C)C(N)=O)cc1. The number of Topliss-reactive ketones (excluding diaryl/α,β-unsaturated/α-hetero) is 1. The maximum Gasteiger partial charge on any atom is 0.307 e. The lowest BCUT2D eigenvalue weighted by molar-refractivity contribution is -0.153. The molecule has 0 bridgehead atoms. The number of nitrogens with two attached hydrogens (primary N) is 1. The van der Waals surface area contributed by atoms with E-state index in [0.29, 0.717) is 17.9 Å². The fraction of sp³-hybridized carbons (Fsp3) is 0.400. The van der Waals surface area contributed by atoms with Crippen LogP contribution in [0, 0.1) is 0 Å². The zero-order valence-corrected chi connectivity index (χ0v) is 12.1. The highest BCUT2D eigenvalue weighted by atomic mass is 16.5. The Labute approximate surface area is 123 Å². The molecule has 114 valence electrons. The van der Waals surface area contributed by atoms with Gasteiger partial charge in [0.15, 0.2) is 11.9 Å². The lowest BCUT2D eigenvalue weighted by Crippen LogP contribution is -2.30. The van der Waals surface area contributed by atoms with Crippen LogP contribution in [0.4, 0.5) is 0 Å². The van der Waals surface area contributed by atoms with Gasteiger partial charge in [0.2, 0.25) is 0 Å². The van der Waals surface area contributed by atoms with Gasteiger partial charge in [-0.05, 0) is 38.1 Å². The van der Waals surface area contributed by atoms with Gasteiger partial charge in [-0.2, -0.15) is 0 Å². The van der Waals surface area contributed by atoms with Crippen LogP contribution in [0.5, 0.6) is 5.75 Å². The number of carbonyl (C=O) groups is 3. The average molecular weight is 293 g/mol. The normalized spacial score (nSPS) is 11.5. The lowest BCUT2D eigenvalue weighted by Gasteiger charge is -2.09. The van der Waals surface area contributed by atoms with Crippen LogP contribution in [-0.4, -0.2) is 30.4 Å². The monoisotopic (exact) mass is 293 g/mol. The minimum atomic E-state index is -0.988. The van der Waals surface area contributed by atoms with Crippen molar-refractivity contribution in [2.24, 2.45) is 5.73 Å². The molecule has 0 fully saturated rings. The first-order valence-electron chi connectivity index (χ1n) is 6.69. The zero-order valence-electron chi connectivity index (χ0n) is 12.1. The van der Waals surface area contributed by atoms with E-state index in [4.69, 9.17) is 15.2 Å². The minimum absolute atomic E-state index is 0.0122. The first-order chi connectivity index (χ1) is 9.93. The van der Waals surface area contributed by atoms with Gasteiger partial charge >= 0.3 is 5.97 Å². The van der Waals surface area contributed by atoms with Crippen molar-refractivity contribution in [1.29, 1.82) is 0 Å². The molecule has 2 N–H and O–H groups in total. The lowest BCUT2D eigenvalue weighted by atomic mass is 10.1. The molecule has 21 heavy (non-hydrogen) atoms. The molecule has 0 heterocycles. The van der Waals surface area contributed by atoms with Gasteiger partial charge in [0.1, 0.15) is 5.75 Å². The van der Waals surface area contributed by atoms with Crippen molar-refractivity contribution < 1.29 is 23.9 Å². The van der Waals surface area contributed by atoms with Gasteiger partial charge in [0.05, 0.1) is 13.0 Å². The molecular formula is C15H19NO5.